The van der Waals surface area contributed by atoms with Crippen molar-refractivity contribution in [1.82, 2.24) is 0 Å². The summed E-state index contributed by atoms with van der Waals surface area (Å²) >= 11 is 0. The molecule has 1 aliphatic rings. The molecule has 0 spiro atoms. The molecule has 1 aromatic rings. The van der Waals surface area contributed by atoms with Gasteiger partial charge in [-0.1, -0.05) is 62.3 Å². The van der Waals surface area contributed by atoms with E-state index in [9.17, 15) is 4.79 Å². The van der Waals surface area contributed by atoms with Crippen molar-refractivity contribution in [2.24, 2.45) is 21.8 Å². The van der Waals surface area contributed by atoms with Gasteiger partial charge in [0.2, 0.25) is 11.8 Å². The predicted molar refractivity (Wildman–Crippen MR) is 141 cm³/mol. The molecule has 0 aromatic heterocycles. The van der Waals surface area contributed by atoms with Gasteiger partial charge in [-0.3, -0.25) is 4.79 Å². The highest BCUT2D eigenvalue weighted by Gasteiger charge is 2.36. The standard InChI is InChI=1S/C28H44N2O5/c1-16(2)22-25(33-11)30-23(26(29-22)34-12)17(3)13-21(31)35-24-19(27(4,5)6)14-18(32-10)15-20(24)28(7,8)9/h14-17,22-23H,13H2,1-12H3. The van der Waals surface area contributed by atoms with Crippen LogP contribution in [0.15, 0.2) is 22.1 Å². The first-order chi connectivity index (χ1) is 16.1. The first-order valence-corrected chi connectivity index (χ1v) is 12.3. The van der Waals surface area contributed by atoms with Gasteiger partial charge in [-0.25, -0.2) is 9.98 Å². The minimum absolute atomic E-state index is 0.152. The van der Waals surface area contributed by atoms with Gasteiger partial charge in [-0.2, -0.15) is 0 Å². The number of carbonyl (C=O) groups is 1. The number of rotatable bonds is 6. The Labute approximate surface area is 211 Å². The van der Waals surface area contributed by atoms with Gasteiger partial charge in [0.1, 0.15) is 23.6 Å². The van der Waals surface area contributed by atoms with Crippen LogP contribution in [0.5, 0.6) is 11.5 Å². The monoisotopic (exact) mass is 488 g/mol. The van der Waals surface area contributed by atoms with Gasteiger partial charge in [0.25, 0.3) is 0 Å². The third-order valence-corrected chi connectivity index (χ3v) is 6.25. The molecular weight excluding hydrogens is 444 g/mol. The molecule has 3 unspecified atom stereocenters. The van der Waals surface area contributed by atoms with Gasteiger partial charge in [0, 0.05) is 11.1 Å². The lowest BCUT2D eigenvalue weighted by atomic mass is 9.79. The average Bonchev–Trinajstić information content (AvgIpc) is 2.76. The Morgan fingerprint density at radius 3 is 1.69 bits per heavy atom. The molecule has 196 valence electrons. The van der Waals surface area contributed by atoms with Crippen LogP contribution in [0.1, 0.15) is 79.9 Å². The predicted octanol–water partition coefficient (Wildman–Crippen LogP) is 5.72. The average molecular weight is 489 g/mol. The second kappa shape index (κ2) is 11.0. The molecule has 35 heavy (non-hydrogen) atoms. The minimum Gasteiger partial charge on any atom is -0.497 e. The molecule has 0 amide bonds. The van der Waals surface area contributed by atoms with E-state index in [1.807, 2.05) is 19.1 Å². The topological polar surface area (TPSA) is 78.7 Å². The van der Waals surface area contributed by atoms with E-state index in [-0.39, 0.29) is 41.1 Å². The smallest absolute Gasteiger partial charge is 0.311 e. The summed E-state index contributed by atoms with van der Waals surface area (Å²) < 4.78 is 22.8. The summed E-state index contributed by atoms with van der Waals surface area (Å²) in [6.07, 6.45) is 0.152. The summed E-state index contributed by atoms with van der Waals surface area (Å²) in [6.45, 7) is 18.7. The second-order valence-corrected chi connectivity index (χ2v) is 11.7. The lowest BCUT2D eigenvalue weighted by Crippen LogP contribution is -2.40. The molecule has 7 heteroatoms. The number of aliphatic imine (C=N–C) groups is 2. The summed E-state index contributed by atoms with van der Waals surface area (Å²) in [4.78, 5) is 22.8. The van der Waals surface area contributed by atoms with E-state index in [0.717, 1.165) is 16.9 Å². The Kier molecular flexibility index (Phi) is 9.01. The van der Waals surface area contributed by atoms with Gasteiger partial charge in [0.05, 0.1) is 27.8 Å². The Hall–Kier alpha value is -2.57. The van der Waals surface area contributed by atoms with Gasteiger partial charge >= 0.3 is 5.97 Å². The summed E-state index contributed by atoms with van der Waals surface area (Å²) in [7, 11) is 4.84. The van der Waals surface area contributed by atoms with Crippen LogP contribution in [0.25, 0.3) is 0 Å². The van der Waals surface area contributed by atoms with E-state index in [1.54, 1.807) is 21.3 Å². The maximum atomic E-state index is 13.3. The maximum Gasteiger partial charge on any atom is 0.311 e. The van der Waals surface area contributed by atoms with Crippen molar-refractivity contribution < 1.29 is 23.7 Å². The third-order valence-electron chi connectivity index (χ3n) is 6.25. The normalized spacial score (nSPS) is 19.6. The third kappa shape index (κ3) is 6.77. The number of benzene rings is 1. The molecule has 7 nitrogen and oxygen atoms in total. The number of hydrogen-bond acceptors (Lipinski definition) is 7. The molecule has 0 saturated carbocycles. The van der Waals surface area contributed by atoms with Crippen LogP contribution in [0, 0.1) is 11.8 Å². The molecule has 0 fully saturated rings. The Morgan fingerprint density at radius 2 is 1.29 bits per heavy atom. The lowest BCUT2D eigenvalue weighted by molar-refractivity contribution is -0.135. The Morgan fingerprint density at radius 1 is 0.829 bits per heavy atom. The van der Waals surface area contributed by atoms with Crippen LogP contribution in [0.2, 0.25) is 0 Å². The number of methoxy groups -OCH3 is 3. The highest BCUT2D eigenvalue weighted by Crippen LogP contribution is 2.43. The molecule has 0 bridgehead atoms. The second-order valence-electron chi connectivity index (χ2n) is 11.7. The van der Waals surface area contributed by atoms with Crippen molar-refractivity contribution in [1.29, 1.82) is 0 Å². The van der Waals surface area contributed by atoms with Crippen LogP contribution in [0.3, 0.4) is 0 Å². The van der Waals surface area contributed by atoms with Crippen LogP contribution >= 0.6 is 0 Å². The van der Waals surface area contributed by atoms with Crippen molar-refractivity contribution in [3.63, 3.8) is 0 Å². The zero-order chi connectivity index (χ0) is 26.7. The SMILES string of the molecule is COC1=NC(C(C)CC(=O)Oc2c(C(C)(C)C)cc(OC)cc2C(C)(C)C)C(OC)=NC1C(C)C. The Bertz CT molecular complexity index is 932. The zero-order valence-electron chi connectivity index (χ0n) is 23.6. The van der Waals surface area contributed by atoms with Crippen molar-refractivity contribution in [2.45, 2.75) is 91.6 Å². The fourth-order valence-corrected chi connectivity index (χ4v) is 4.16. The lowest BCUT2D eigenvalue weighted by Gasteiger charge is -2.31. The number of ether oxygens (including phenoxy) is 4. The first-order valence-electron chi connectivity index (χ1n) is 12.3. The van der Waals surface area contributed by atoms with E-state index < -0.39 is 6.04 Å². The summed E-state index contributed by atoms with van der Waals surface area (Å²) in [5.41, 5.74) is 1.36. The van der Waals surface area contributed by atoms with Gasteiger partial charge < -0.3 is 18.9 Å². The Balaban J connectivity index is 2.39. The minimum atomic E-state index is -0.419. The molecule has 1 aliphatic heterocycles. The molecule has 3 atom stereocenters. The number of hydrogen-bond donors (Lipinski definition) is 0. The van der Waals surface area contributed by atoms with Gasteiger partial charge in [0.15, 0.2) is 0 Å². The fraction of sp³-hybridized carbons (Fsp3) is 0.679. The van der Waals surface area contributed by atoms with Crippen LogP contribution in [-0.2, 0) is 25.1 Å². The molecule has 1 heterocycles. The number of esters is 1. The molecular formula is C28H44N2O5. The fourth-order valence-electron chi connectivity index (χ4n) is 4.16. The summed E-state index contributed by atoms with van der Waals surface area (Å²) in [5.74, 6) is 2.11. The summed E-state index contributed by atoms with van der Waals surface area (Å²) in [5, 5.41) is 0. The van der Waals surface area contributed by atoms with E-state index in [1.165, 1.54) is 0 Å². The van der Waals surface area contributed by atoms with Gasteiger partial charge in [-0.05, 0) is 34.8 Å². The molecule has 0 radical (unpaired) electrons. The molecule has 1 aromatic carbocycles. The first kappa shape index (κ1) is 28.7. The largest absolute Gasteiger partial charge is 0.497 e. The number of carbonyl (C=O) groups excluding carboxylic acids is 1. The maximum absolute atomic E-state index is 13.3. The quantitative estimate of drug-likeness (QED) is 0.378. The van der Waals surface area contributed by atoms with E-state index in [0.29, 0.717) is 17.5 Å². The van der Waals surface area contributed by atoms with Crippen LogP contribution < -0.4 is 9.47 Å². The molecule has 0 aliphatic carbocycles. The zero-order valence-corrected chi connectivity index (χ0v) is 23.6. The van der Waals surface area contributed by atoms with E-state index in [4.69, 9.17) is 28.9 Å². The highest BCUT2D eigenvalue weighted by atomic mass is 16.5. The van der Waals surface area contributed by atoms with Crippen molar-refractivity contribution in [2.75, 3.05) is 21.3 Å². The number of nitrogens with zero attached hydrogens (tertiary/aromatic N) is 2. The van der Waals surface area contributed by atoms with E-state index >= 15 is 0 Å². The molecule has 0 N–H and O–H groups in total. The van der Waals surface area contributed by atoms with Crippen LogP contribution in [-0.4, -0.2) is 51.2 Å². The molecule has 0 saturated heterocycles. The highest BCUT2D eigenvalue weighted by molar-refractivity contribution is 5.94. The van der Waals surface area contributed by atoms with Crippen molar-refractivity contribution in [3.05, 3.63) is 23.3 Å². The van der Waals surface area contributed by atoms with E-state index in [2.05, 4.69) is 55.4 Å². The van der Waals surface area contributed by atoms with Gasteiger partial charge in [-0.15, -0.1) is 0 Å². The van der Waals surface area contributed by atoms with Crippen LogP contribution in [0.4, 0.5) is 0 Å². The van der Waals surface area contributed by atoms with Crippen molar-refractivity contribution >= 4 is 17.8 Å². The summed E-state index contributed by atoms with van der Waals surface area (Å²) in [6, 6.07) is 3.30. The van der Waals surface area contributed by atoms with Crippen molar-refractivity contribution in [3.8, 4) is 11.5 Å². The molecule has 2 rings (SSSR count).